The number of rotatable bonds is 4. The third-order valence-corrected chi connectivity index (χ3v) is 4.03. The third-order valence-electron chi connectivity index (χ3n) is 3.25. The predicted octanol–water partition coefficient (Wildman–Crippen LogP) is 5.48. The van der Waals surface area contributed by atoms with Crippen molar-refractivity contribution in [1.82, 2.24) is 5.32 Å². The molecular formula is C16H17BrClNO. The van der Waals surface area contributed by atoms with Crippen LogP contribution in [0.1, 0.15) is 24.1 Å². The molecule has 106 valence electrons. The Labute approximate surface area is 133 Å². The summed E-state index contributed by atoms with van der Waals surface area (Å²) in [6.45, 7) is 4.09. The van der Waals surface area contributed by atoms with Gasteiger partial charge in [0.2, 0.25) is 0 Å². The smallest absolute Gasteiger partial charge is 0.146 e. The Morgan fingerprint density at radius 1 is 1.15 bits per heavy atom. The monoisotopic (exact) mass is 353 g/mol. The molecule has 0 aliphatic rings. The van der Waals surface area contributed by atoms with Gasteiger partial charge in [0.05, 0.1) is 5.02 Å². The van der Waals surface area contributed by atoms with Gasteiger partial charge in [-0.3, -0.25) is 0 Å². The largest absolute Gasteiger partial charge is 0.456 e. The van der Waals surface area contributed by atoms with Crippen LogP contribution in [0, 0.1) is 6.92 Å². The fourth-order valence-corrected chi connectivity index (χ4v) is 2.58. The van der Waals surface area contributed by atoms with Crippen LogP contribution in [0.15, 0.2) is 40.9 Å². The average molecular weight is 355 g/mol. The molecule has 0 heterocycles. The van der Waals surface area contributed by atoms with Crippen molar-refractivity contribution >= 4 is 27.5 Å². The van der Waals surface area contributed by atoms with E-state index in [1.54, 1.807) is 0 Å². The highest BCUT2D eigenvalue weighted by Gasteiger charge is 2.09. The van der Waals surface area contributed by atoms with Gasteiger partial charge in [0, 0.05) is 10.5 Å². The molecule has 2 aromatic rings. The van der Waals surface area contributed by atoms with Gasteiger partial charge < -0.3 is 10.1 Å². The first-order valence-electron chi connectivity index (χ1n) is 6.42. The lowest BCUT2D eigenvalue weighted by molar-refractivity contribution is 0.478. The van der Waals surface area contributed by atoms with Gasteiger partial charge in [0.25, 0.3) is 0 Å². The van der Waals surface area contributed by atoms with E-state index in [-0.39, 0.29) is 6.04 Å². The molecule has 0 spiro atoms. The van der Waals surface area contributed by atoms with Crippen molar-refractivity contribution in [3.8, 4) is 11.5 Å². The van der Waals surface area contributed by atoms with Gasteiger partial charge in [-0.2, -0.15) is 0 Å². The molecule has 4 heteroatoms. The van der Waals surface area contributed by atoms with E-state index in [9.17, 15) is 0 Å². The molecule has 1 atom stereocenters. The first-order chi connectivity index (χ1) is 9.51. The summed E-state index contributed by atoms with van der Waals surface area (Å²) < 4.78 is 6.92. The Hall–Kier alpha value is -1.03. The molecule has 1 N–H and O–H groups in total. The van der Waals surface area contributed by atoms with Crippen molar-refractivity contribution in [2.75, 3.05) is 7.05 Å². The molecular weight excluding hydrogens is 338 g/mol. The Morgan fingerprint density at radius 3 is 2.45 bits per heavy atom. The molecule has 2 nitrogen and oxygen atoms in total. The van der Waals surface area contributed by atoms with Crippen LogP contribution < -0.4 is 10.1 Å². The molecule has 20 heavy (non-hydrogen) atoms. The molecule has 0 saturated carbocycles. The summed E-state index contributed by atoms with van der Waals surface area (Å²) in [6.07, 6.45) is 0. The van der Waals surface area contributed by atoms with E-state index >= 15 is 0 Å². The lowest BCUT2D eigenvalue weighted by atomic mass is 10.1. The number of hydrogen-bond acceptors (Lipinski definition) is 2. The molecule has 2 aromatic carbocycles. The minimum atomic E-state index is 0.260. The van der Waals surface area contributed by atoms with E-state index in [2.05, 4.69) is 28.2 Å². The molecule has 0 bridgehead atoms. The zero-order valence-electron chi connectivity index (χ0n) is 11.7. The topological polar surface area (TPSA) is 21.3 Å². The predicted molar refractivity (Wildman–Crippen MR) is 87.9 cm³/mol. The van der Waals surface area contributed by atoms with Crippen LogP contribution in [0.5, 0.6) is 11.5 Å². The van der Waals surface area contributed by atoms with Crippen LogP contribution in [0.25, 0.3) is 0 Å². The minimum Gasteiger partial charge on any atom is -0.456 e. The first kappa shape index (κ1) is 15.4. The summed E-state index contributed by atoms with van der Waals surface area (Å²) in [6, 6.07) is 12.0. The summed E-state index contributed by atoms with van der Waals surface area (Å²) in [5.41, 5.74) is 2.19. The minimum absolute atomic E-state index is 0.260. The van der Waals surface area contributed by atoms with E-state index in [1.165, 1.54) is 0 Å². The van der Waals surface area contributed by atoms with Gasteiger partial charge in [0.15, 0.2) is 0 Å². The molecule has 0 aliphatic carbocycles. The maximum atomic E-state index is 6.30. The molecule has 2 rings (SSSR count). The highest BCUT2D eigenvalue weighted by molar-refractivity contribution is 9.10. The van der Waals surface area contributed by atoms with Crippen molar-refractivity contribution in [3.05, 3.63) is 57.0 Å². The quantitative estimate of drug-likeness (QED) is 0.784. The number of nitrogens with one attached hydrogen (secondary N) is 1. The number of ether oxygens (including phenoxy) is 1. The Morgan fingerprint density at radius 2 is 1.85 bits per heavy atom. The van der Waals surface area contributed by atoms with E-state index in [1.807, 2.05) is 50.4 Å². The highest BCUT2D eigenvalue weighted by Crippen LogP contribution is 2.33. The fourth-order valence-electron chi connectivity index (χ4n) is 1.88. The highest BCUT2D eigenvalue weighted by atomic mass is 79.9. The Balaban J connectivity index is 2.25. The van der Waals surface area contributed by atoms with E-state index < -0.39 is 0 Å². The molecule has 0 saturated heterocycles. The van der Waals surface area contributed by atoms with Crippen LogP contribution >= 0.6 is 27.5 Å². The summed E-state index contributed by atoms with van der Waals surface area (Å²) in [4.78, 5) is 0. The molecule has 0 aromatic heterocycles. The first-order valence-corrected chi connectivity index (χ1v) is 7.59. The standard InChI is InChI=1S/C16H17BrClNO/c1-10-8-13(17)5-7-15(10)20-16-6-4-12(9-14(16)18)11(2)19-3/h4-9,11,19H,1-3H3. The zero-order chi connectivity index (χ0) is 14.7. The van der Waals surface area contributed by atoms with E-state index in [0.717, 1.165) is 21.3 Å². The zero-order valence-corrected chi connectivity index (χ0v) is 14.0. The van der Waals surface area contributed by atoms with Crippen LogP contribution in [0.2, 0.25) is 5.02 Å². The van der Waals surface area contributed by atoms with Crippen molar-refractivity contribution in [1.29, 1.82) is 0 Å². The van der Waals surface area contributed by atoms with Gasteiger partial charge in [-0.15, -0.1) is 0 Å². The van der Waals surface area contributed by atoms with Gasteiger partial charge in [-0.1, -0.05) is 33.6 Å². The fraction of sp³-hybridized carbons (Fsp3) is 0.250. The molecule has 0 aliphatic heterocycles. The van der Waals surface area contributed by atoms with E-state index in [0.29, 0.717) is 10.8 Å². The Bertz CT molecular complexity index is 615. The number of halogens is 2. The van der Waals surface area contributed by atoms with Crippen LogP contribution in [-0.4, -0.2) is 7.05 Å². The normalized spacial score (nSPS) is 12.2. The maximum absolute atomic E-state index is 6.30. The van der Waals surface area contributed by atoms with Crippen LogP contribution in [0.3, 0.4) is 0 Å². The maximum Gasteiger partial charge on any atom is 0.146 e. The number of benzene rings is 2. The summed E-state index contributed by atoms with van der Waals surface area (Å²) >= 11 is 9.74. The number of aryl methyl sites for hydroxylation is 1. The van der Waals surface area contributed by atoms with E-state index in [4.69, 9.17) is 16.3 Å². The second kappa shape index (κ2) is 6.61. The summed E-state index contributed by atoms with van der Waals surface area (Å²) in [7, 11) is 1.92. The summed E-state index contributed by atoms with van der Waals surface area (Å²) in [5, 5.41) is 3.81. The SMILES string of the molecule is CNC(C)c1ccc(Oc2ccc(Br)cc2C)c(Cl)c1. The lowest BCUT2D eigenvalue weighted by Gasteiger charge is -2.14. The molecule has 0 fully saturated rings. The second-order valence-electron chi connectivity index (χ2n) is 4.71. The van der Waals surface area contributed by atoms with Crippen LogP contribution in [0.4, 0.5) is 0 Å². The molecule has 0 radical (unpaired) electrons. The third kappa shape index (κ3) is 3.54. The Kier molecular flexibility index (Phi) is 5.08. The van der Waals surface area contributed by atoms with Crippen LogP contribution in [-0.2, 0) is 0 Å². The molecule has 1 unspecified atom stereocenters. The summed E-state index contributed by atoms with van der Waals surface area (Å²) in [5.74, 6) is 1.48. The number of hydrogen-bond donors (Lipinski definition) is 1. The van der Waals surface area contributed by atoms with Crippen molar-refractivity contribution < 1.29 is 4.74 Å². The van der Waals surface area contributed by atoms with Gasteiger partial charge in [-0.25, -0.2) is 0 Å². The van der Waals surface area contributed by atoms with Crippen molar-refractivity contribution in [2.45, 2.75) is 19.9 Å². The van der Waals surface area contributed by atoms with Gasteiger partial charge >= 0.3 is 0 Å². The van der Waals surface area contributed by atoms with Crippen molar-refractivity contribution in [3.63, 3.8) is 0 Å². The lowest BCUT2D eigenvalue weighted by Crippen LogP contribution is -2.12. The average Bonchev–Trinajstić information content (AvgIpc) is 2.42. The van der Waals surface area contributed by atoms with Gasteiger partial charge in [-0.05, 0) is 62.4 Å². The van der Waals surface area contributed by atoms with Crippen molar-refractivity contribution in [2.24, 2.45) is 0 Å². The molecule has 0 amide bonds. The van der Waals surface area contributed by atoms with Gasteiger partial charge in [0.1, 0.15) is 11.5 Å². The second-order valence-corrected chi connectivity index (χ2v) is 6.03.